The van der Waals surface area contributed by atoms with Gasteiger partial charge in [-0.3, -0.25) is 0 Å². The predicted octanol–water partition coefficient (Wildman–Crippen LogP) is 16.6. The van der Waals surface area contributed by atoms with Crippen molar-refractivity contribution in [1.82, 2.24) is 0 Å². The largest absolute Gasteiger partial charge is 0.457 e. The molecule has 11 aromatic rings. The predicted molar refractivity (Wildman–Crippen MR) is 269 cm³/mol. The number of nitrogens with zero attached hydrogens (tertiary/aromatic N) is 2. The summed E-state index contributed by atoms with van der Waals surface area (Å²) in [6, 6.07) is 83.3. The van der Waals surface area contributed by atoms with Crippen LogP contribution in [0.3, 0.4) is 0 Å². The Kier molecular flexibility index (Phi) is 7.93. The van der Waals surface area contributed by atoms with Gasteiger partial charge in [-0.1, -0.05) is 152 Å². The van der Waals surface area contributed by atoms with Gasteiger partial charge in [0.25, 0.3) is 0 Å². The Hall–Kier alpha value is -8.60. The van der Waals surface area contributed by atoms with Gasteiger partial charge in [-0.15, -0.1) is 0 Å². The number of anilines is 6. The van der Waals surface area contributed by atoms with E-state index in [2.05, 4.69) is 234 Å². The quantitative estimate of drug-likeness (QED) is 0.167. The van der Waals surface area contributed by atoms with E-state index >= 15 is 0 Å². The average molecular weight is 845 g/mol. The van der Waals surface area contributed by atoms with Gasteiger partial charge in [-0.2, -0.15) is 0 Å². The van der Waals surface area contributed by atoms with E-state index in [0.29, 0.717) is 0 Å². The van der Waals surface area contributed by atoms with Gasteiger partial charge >= 0.3 is 0 Å². The molecule has 1 spiro atoms. The van der Waals surface area contributed by atoms with Gasteiger partial charge in [-0.05, 0) is 130 Å². The zero-order valence-corrected chi connectivity index (χ0v) is 35.9. The highest BCUT2D eigenvalue weighted by molar-refractivity contribution is 6.10. The summed E-state index contributed by atoms with van der Waals surface area (Å²) in [4.78, 5) is 4.75. The van der Waals surface area contributed by atoms with E-state index in [0.717, 1.165) is 85.1 Å². The molecule has 1 aromatic heterocycles. The molecule has 0 radical (unpaired) electrons. The van der Waals surface area contributed by atoms with Gasteiger partial charge in [0.05, 0.1) is 11.1 Å². The van der Waals surface area contributed by atoms with E-state index in [1.807, 2.05) is 6.07 Å². The van der Waals surface area contributed by atoms with E-state index < -0.39 is 5.41 Å². The Morgan fingerprint density at radius 3 is 1.76 bits per heavy atom. The van der Waals surface area contributed by atoms with Crippen LogP contribution in [-0.4, -0.2) is 0 Å². The van der Waals surface area contributed by atoms with Crippen molar-refractivity contribution in [1.29, 1.82) is 0 Å². The number of furan rings is 1. The topological polar surface area (TPSA) is 28.9 Å². The molecule has 0 N–H and O–H groups in total. The third kappa shape index (κ3) is 5.27. The fourth-order valence-corrected chi connectivity index (χ4v) is 11.4. The van der Waals surface area contributed by atoms with Crippen LogP contribution < -0.4 is 14.5 Å². The van der Waals surface area contributed by atoms with Crippen LogP contribution >= 0.6 is 0 Å². The second-order valence-corrected chi connectivity index (χ2v) is 17.6. The lowest BCUT2D eigenvalue weighted by molar-refractivity contribution is 0.436. The fraction of sp³-hybridized carbons (Fsp3) is 0.0323. The number of hydrogen-bond donors (Lipinski definition) is 0. The molecule has 4 heteroatoms. The molecule has 0 fully saturated rings. The molecule has 10 aromatic carbocycles. The highest BCUT2D eigenvalue weighted by Gasteiger charge is 2.51. The normalized spacial score (nSPS) is 13.3. The van der Waals surface area contributed by atoms with Crippen LogP contribution in [-0.2, 0) is 11.8 Å². The van der Waals surface area contributed by atoms with Crippen LogP contribution in [0.4, 0.5) is 34.1 Å². The summed E-state index contributed by atoms with van der Waals surface area (Å²) < 4.78 is 13.8. The average Bonchev–Trinajstić information content (AvgIpc) is 4.04. The lowest BCUT2D eigenvalue weighted by atomic mass is 9.66. The first-order valence-electron chi connectivity index (χ1n) is 22.7. The second kappa shape index (κ2) is 14.2. The molecule has 1 aliphatic heterocycles. The van der Waals surface area contributed by atoms with E-state index in [-0.39, 0.29) is 0 Å². The highest BCUT2D eigenvalue weighted by Crippen LogP contribution is 2.63. The number of ether oxygens (including phenoxy) is 1. The standard InChI is InChI=1S/C62H40N2O2/c1-2-17-42(18-3-1)63(45-32-34-48-41(37-45)36-40-16-4-5-21-47(40)48)43-19-14-20-44(38-43)64(57-29-15-25-52-51-24-8-12-30-58(51)66-61(52)57)46-33-35-60-56(39-46)62(55-28-11-13-31-59(55)65-60)53-26-9-6-22-49(53)50-23-7-10-27-54(50)62/h1-35,37-39H,36H2. The molecule has 0 atom stereocenters. The monoisotopic (exact) mass is 844 g/mol. The molecule has 0 saturated heterocycles. The van der Waals surface area contributed by atoms with E-state index in [1.54, 1.807) is 0 Å². The van der Waals surface area contributed by atoms with Crippen molar-refractivity contribution in [2.24, 2.45) is 0 Å². The van der Waals surface area contributed by atoms with Crippen LogP contribution in [0.1, 0.15) is 33.4 Å². The summed E-state index contributed by atoms with van der Waals surface area (Å²) >= 11 is 0. The van der Waals surface area contributed by atoms with E-state index in [4.69, 9.17) is 9.15 Å². The molecule has 0 saturated carbocycles. The molecular formula is C62H40N2O2. The summed E-state index contributed by atoms with van der Waals surface area (Å²) in [6.07, 6.45) is 0.917. The van der Waals surface area contributed by atoms with Crippen LogP contribution in [0, 0.1) is 0 Å². The molecule has 0 unspecified atom stereocenters. The molecular weight excluding hydrogens is 805 g/mol. The van der Waals surface area contributed by atoms with Gasteiger partial charge in [0.1, 0.15) is 17.1 Å². The van der Waals surface area contributed by atoms with Gasteiger partial charge in [0.15, 0.2) is 5.58 Å². The number of hydrogen-bond acceptors (Lipinski definition) is 4. The molecule has 0 bridgehead atoms. The van der Waals surface area contributed by atoms with Crippen molar-refractivity contribution < 1.29 is 9.15 Å². The molecule has 3 aliphatic rings. The summed E-state index contributed by atoms with van der Waals surface area (Å²) in [7, 11) is 0. The van der Waals surface area contributed by atoms with Crippen molar-refractivity contribution in [2.75, 3.05) is 9.80 Å². The lowest BCUT2D eigenvalue weighted by Gasteiger charge is -2.40. The molecule has 2 aliphatic carbocycles. The Morgan fingerprint density at radius 1 is 0.348 bits per heavy atom. The maximum absolute atomic E-state index is 6.91. The van der Waals surface area contributed by atoms with E-state index in [9.17, 15) is 0 Å². The van der Waals surface area contributed by atoms with Gasteiger partial charge in [0, 0.05) is 50.3 Å². The minimum atomic E-state index is -0.621. The number of benzene rings is 10. The summed E-state index contributed by atoms with van der Waals surface area (Å²) in [5, 5.41) is 2.16. The Bertz CT molecular complexity index is 3710. The molecule has 2 heterocycles. The van der Waals surface area contributed by atoms with Gasteiger partial charge in [0.2, 0.25) is 0 Å². The second-order valence-electron chi connectivity index (χ2n) is 17.6. The first-order valence-corrected chi connectivity index (χ1v) is 22.7. The first-order chi connectivity index (χ1) is 32.7. The maximum atomic E-state index is 6.91. The Labute approximate surface area is 382 Å². The number of fused-ring (bicyclic) bond motifs is 15. The molecule has 66 heavy (non-hydrogen) atoms. The van der Waals surface area contributed by atoms with Gasteiger partial charge in [-0.25, -0.2) is 0 Å². The fourth-order valence-electron chi connectivity index (χ4n) is 11.4. The van der Waals surface area contributed by atoms with Crippen molar-refractivity contribution in [2.45, 2.75) is 11.8 Å². The summed E-state index contributed by atoms with van der Waals surface area (Å²) in [5.41, 5.74) is 19.8. The SMILES string of the molecule is c1ccc(N(c2cccc(N(c3ccc4c(c3)C3(c5ccccc5O4)c4ccccc4-c4ccccc43)c3cccc4c3oc3ccccc34)c2)c2ccc3c(c2)Cc2ccccc2-3)cc1. The van der Waals surface area contributed by atoms with Crippen LogP contribution in [0.15, 0.2) is 235 Å². The third-order valence-electron chi connectivity index (χ3n) is 14.1. The molecule has 0 amide bonds. The van der Waals surface area contributed by atoms with Crippen molar-refractivity contribution in [3.63, 3.8) is 0 Å². The first kappa shape index (κ1) is 36.8. The van der Waals surface area contributed by atoms with Crippen molar-refractivity contribution in [3.8, 4) is 33.8 Å². The van der Waals surface area contributed by atoms with Crippen molar-refractivity contribution >= 4 is 56.1 Å². The molecule has 310 valence electrons. The number of rotatable bonds is 6. The van der Waals surface area contributed by atoms with Crippen LogP contribution in [0.25, 0.3) is 44.2 Å². The summed E-state index contributed by atoms with van der Waals surface area (Å²) in [6.45, 7) is 0. The molecule has 4 nitrogen and oxygen atoms in total. The van der Waals surface area contributed by atoms with Crippen LogP contribution in [0.2, 0.25) is 0 Å². The smallest absolute Gasteiger partial charge is 0.159 e. The Balaban J connectivity index is 1.00. The minimum Gasteiger partial charge on any atom is -0.457 e. The Morgan fingerprint density at radius 2 is 0.924 bits per heavy atom. The zero-order valence-electron chi connectivity index (χ0n) is 35.9. The maximum Gasteiger partial charge on any atom is 0.159 e. The highest BCUT2D eigenvalue weighted by atomic mass is 16.5. The third-order valence-corrected chi connectivity index (χ3v) is 14.1. The molecule has 14 rings (SSSR count). The minimum absolute atomic E-state index is 0.621. The van der Waals surface area contributed by atoms with Crippen molar-refractivity contribution in [3.05, 3.63) is 264 Å². The summed E-state index contributed by atoms with van der Waals surface area (Å²) in [5.74, 6) is 1.71. The van der Waals surface area contributed by atoms with Gasteiger partial charge < -0.3 is 19.0 Å². The van der Waals surface area contributed by atoms with E-state index in [1.165, 1.54) is 44.5 Å². The zero-order chi connectivity index (χ0) is 43.3. The lowest BCUT2D eigenvalue weighted by Crippen LogP contribution is -2.32. The number of para-hydroxylation sites is 4. The van der Waals surface area contributed by atoms with Crippen LogP contribution in [0.5, 0.6) is 11.5 Å².